The van der Waals surface area contributed by atoms with Gasteiger partial charge in [0.1, 0.15) is 5.54 Å². The third kappa shape index (κ3) is 2.88. The highest BCUT2D eigenvalue weighted by atomic mass is 16.3. The number of hydrogen-bond acceptors (Lipinski definition) is 4. The van der Waals surface area contributed by atoms with Gasteiger partial charge in [0.15, 0.2) is 5.82 Å². The second kappa shape index (κ2) is 6.87. The number of aromatic nitrogens is 2. The van der Waals surface area contributed by atoms with E-state index in [1.165, 1.54) is 5.69 Å². The molecular weight excluding hydrogens is 364 g/mol. The zero-order valence-corrected chi connectivity index (χ0v) is 17.3. The fourth-order valence-electron chi connectivity index (χ4n) is 5.28. The number of fused-ring (bicyclic) bond motifs is 4. The van der Waals surface area contributed by atoms with Crippen LogP contribution in [0.2, 0.25) is 0 Å². The molecule has 3 aliphatic rings. The summed E-state index contributed by atoms with van der Waals surface area (Å²) in [5.74, 6) is 1.80. The van der Waals surface area contributed by atoms with Gasteiger partial charge in [-0.25, -0.2) is 4.98 Å². The summed E-state index contributed by atoms with van der Waals surface area (Å²) in [7, 11) is 0. The topological polar surface area (TPSA) is 61.6 Å². The summed E-state index contributed by atoms with van der Waals surface area (Å²) in [6, 6.07) is 8.46. The summed E-state index contributed by atoms with van der Waals surface area (Å²) >= 11 is 0. The number of hydrogen-bond donors (Lipinski definition) is 1. The van der Waals surface area contributed by atoms with Gasteiger partial charge >= 0.3 is 0 Å². The maximum absolute atomic E-state index is 13.0. The summed E-state index contributed by atoms with van der Waals surface area (Å²) in [5, 5.41) is 9.64. The van der Waals surface area contributed by atoms with E-state index >= 15 is 0 Å². The molecule has 2 aromatic rings. The lowest BCUT2D eigenvalue weighted by Crippen LogP contribution is -2.54. The van der Waals surface area contributed by atoms with Crippen LogP contribution in [0, 0.1) is 11.8 Å². The van der Waals surface area contributed by atoms with Crippen LogP contribution in [0.4, 0.5) is 5.69 Å². The van der Waals surface area contributed by atoms with Crippen LogP contribution < -0.4 is 4.90 Å². The molecule has 2 aliphatic heterocycles. The third-order valence-electron chi connectivity index (χ3n) is 6.98. The Bertz CT molecular complexity index is 917. The Balaban J connectivity index is 1.52. The summed E-state index contributed by atoms with van der Waals surface area (Å²) in [6.07, 6.45) is 6.89. The van der Waals surface area contributed by atoms with Crippen molar-refractivity contribution in [3.8, 4) is 5.82 Å². The highest BCUT2D eigenvalue weighted by Gasteiger charge is 2.51. The Kier molecular flexibility index (Phi) is 4.42. The fraction of sp³-hybridized carbons (Fsp3) is 0.565. The van der Waals surface area contributed by atoms with Crippen molar-refractivity contribution in [3.05, 3.63) is 42.4 Å². The molecule has 2 aromatic heterocycles. The zero-order chi connectivity index (χ0) is 20.2. The van der Waals surface area contributed by atoms with E-state index in [1.54, 1.807) is 0 Å². The van der Waals surface area contributed by atoms with E-state index in [-0.39, 0.29) is 23.5 Å². The van der Waals surface area contributed by atoms with Crippen LogP contribution in [-0.2, 0) is 10.3 Å². The van der Waals surface area contributed by atoms with Crippen LogP contribution in [0.15, 0.2) is 36.7 Å². The van der Waals surface area contributed by atoms with Gasteiger partial charge < -0.3 is 19.5 Å². The van der Waals surface area contributed by atoms with Crippen molar-refractivity contribution in [1.82, 2.24) is 14.5 Å². The SMILES string of the molecule is CC(C)CCN1c2cccnc2-n2cccc2C12CCN(C(=O)C1CC(O)C1)C2. The van der Waals surface area contributed by atoms with E-state index < -0.39 is 0 Å². The molecule has 1 atom stereocenters. The average Bonchev–Trinajstić information content (AvgIpc) is 3.33. The third-order valence-corrected chi connectivity index (χ3v) is 6.98. The lowest BCUT2D eigenvalue weighted by atomic mass is 9.81. The molecule has 1 unspecified atom stereocenters. The molecule has 1 saturated carbocycles. The molecule has 6 heteroatoms. The molecule has 6 nitrogen and oxygen atoms in total. The number of nitrogens with zero attached hydrogens (tertiary/aromatic N) is 4. The Morgan fingerprint density at radius 2 is 2.14 bits per heavy atom. The van der Waals surface area contributed by atoms with Crippen LogP contribution in [0.25, 0.3) is 5.82 Å². The van der Waals surface area contributed by atoms with Crippen molar-refractivity contribution in [3.63, 3.8) is 0 Å². The predicted molar refractivity (Wildman–Crippen MR) is 112 cm³/mol. The minimum absolute atomic E-state index is 0.00593. The Hall–Kier alpha value is -2.34. The monoisotopic (exact) mass is 394 g/mol. The van der Waals surface area contributed by atoms with Crippen molar-refractivity contribution < 1.29 is 9.90 Å². The highest BCUT2D eigenvalue weighted by Crippen LogP contribution is 2.47. The first-order valence-corrected chi connectivity index (χ1v) is 10.9. The van der Waals surface area contributed by atoms with Crippen LogP contribution in [-0.4, -0.2) is 51.2 Å². The molecule has 0 bridgehead atoms. The molecule has 154 valence electrons. The molecule has 0 radical (unpaired) electrons. The van der Waals surface area contributed by atoms with Crippen molar-refractivity contribution in [2.45, 2.75) is 51.2 Å². The highest BCUT2D eigenvalue weighted by molar-refractivity contribution is 5.81. The van der Waals surface area contributed by atoms with Crippen LogP contribution in [0.1, 0.15) is 45.2 Å². The number of anilines is 1. The predicted octanol–water partition coefficient (Wildman–Crippen LogP) is 2.94. The van der Waals surface area contributed by atoms with Crippen LogP contribution >= 0.6 is 0 Å². The Labute approximate surface area is 172 Å². The number of pyridine rings is 1. The van der Waals surface area contributed by atoms with Gasteiger partial charge in [0.2, 0.25) is 5.91 Å². The second-order valence-corrected chi connectivity index (χ2v) is 9.31. The van der Waals surface area contributed by atoms with Crippen LogP contribution in [0.3, 0.4) is 0 Å². The average molecular weight is 395 g/mol. The molecule has 29 heavy (non-hydrogen) atoms. The molecule has 0 aromatic carbocycles. The Morgan fingerprint density at radius 3 is 2.90 bits per heavy atom. The van der Waals surface area contributed by atoms with Gasteiger partial charge in [-0.3, -0.25) is 4.79 Å². The van der Waals surface area contributed by atoms with E-state index in [0.29, 0.717) is 25.3 Å². The number of amides is 1. The zero-order valence-electron chi connectivity index (χ0n) is 17.3. The van der Waals surface area contributed by atoms with Gasteiger partial charge in [0, 0.05) is 37.9 Å². The molecule has 1 spiro atoms. The number of aliphatic hydroxyl groups excluding tert-OH is 1. The number of carbonyl (C=O) groups is 1. The van der Waals surface area contributed by atoms with Gasteiger partial charge in [-0.2, -0.15) is 0 Å². The maximum atomic E-state index is 13.0. The molecule has 1 N–H and O–H groups in total. The van der Waals surface area contributed by atoms with Crippen molar-refractivity contribution in [2.75, 3.05) is 24.5 Å². The van der Waals surface area contributed by atoms with E-state index in [4.69, 9.17) is 4.98 Å². The minimum atomic E-state index is -0.298. The fourth-order valence-corrected chi connectivity index (χ4v) is 5.28. The van der Waals surface area contributed by atoms with Gasteiger partial charge in [-0.05, 0) is 55.9 Å². The number of aliphatic hydroxyl groups is 1. The van der Waals surface area contributed by atoms with Gasteiger partial charge in [0.05, 0.1) is 17.5 Å². The summed E-state index contributed by atoms with van der Waals surface area (Å²) in [4.78, 5) is 22.3. The van der Waals surface area contributed by atoms with E-state index in [1.807, 2.05) is 17.2 Å². The van der Waals surface area contributed by atoms with E-state index in [0.717, 1.165) is 37.4 Å². The molecular formula is C23H30N4O2. The smallest absolute Gasteiger partial charge is 0.225 e. The molecule has 1 saturated heterocycles. The summed E-state index contributed by atoms with van der Waals surface area (Å²) in [6.45, 7) is 6.94. The van der Waals surface area contributed by atoms with E-state index in [9.17, 15) is 9.90 Å². The Morgan fingerprint density at radius 1 is 1.31 bits per heavy atom. The number of carbonyl (C=O) groups excluding carboxylic acids is 1. The lowest BCUT2D eigenvalue weighted by molar-refractivity contribution is -0.141. The maximum Gasteiger partial charge on any atom is 0.225 e. The molecule has 4 heterocycles. The van der Waals surface area contributed by atoms with Gasteiger partial charge in [0.25, 0.3) is 0 Å². The molecule has 2 fully saturated rings. The van der Waals surface area contributed by atoms with E-state index in [2.05, 4.69) is 47.7 Å². The summed E-state index contributed by atoms with van der Waals surface area (Å²) < 4.78 is 2.21. The normalized spacial score (nSPS) is 27.9. The summed E-state index contributed by atoms with van der Waals surface area (Å²) in [5.41, 5.74) is 2.17. The first-order chi connectivity index (χ1) is 14.0. The van der Waals surface area contributed by atoms with Crippen LogP contribution in [0.5, 0.6) is 0 Å². The second-order valence-electron chi connectivity index (χ2n) is 9.31. The number of rotatable bonds is 4. The van der Waals surface area contributed by atoms with Crippen molar-refractivity contribution in [2.24, 2.45) is 11.8 Å². The first kappa shape index (κ1) is 18.7. The first-order valence-electron chi connectivity index (χ1n) is 10.9. The molecule has 5 rings (SSSR count). The molecule has 1 aliphatic carbocycles. The minimum Gasteiger partial charge on any atom is -0.393 e. The van der Waals surface area contributed by atoms with Gasteiger partial charge in [-0.15, -0.1) is 0 Å². The quantitative estimate of drug-likeness (QED) is 0.866. The largest absolute Gasteiger partial charge is 0.393 e. The lowest BCUT2D eigenvalue weighted by Gasteiger charge is -2.47. The number of likely N-dealkylation sites (tertiary alicyclic amines) is 1. The van der Waals surface area contributed by atoms with Gasteiger partial charge in [-0.1, -0.05) is 13.8 Å². The standard InChI is InChI=1S/C23H30N4O2/c1-16(2)7-11-27-19-5-3-9-24-21(19)26-10-4-6-20(26)23(27)8-12-25(15-23)22(29)17-13-18(28)14-17/h3-6,9-10,16-18,28H,7-8,11-15H2,1-2H3. The van der Waals surface area contributed by atoms with Crippen molar-refractivity contribution >= 4 is 11.6 Å². The van der Waals surface area contributed by atoms with Crippen molar-refractivity contribution in [1.29, 1.82) is 0 Å². The molecule has 1 amide bonds.